The van der Waals surface area contributed by atoms with Crippen LogP contribution in [0.25, 0.3) is 27.8 Å². The molecule has 2 aromatic heterocycles. The number of carbonyl (C=O) groups excluding carboxylic acids is 2. The zero-order valence-corrected chi connectivity index (χ0v) is 22.4. The molecular weight excluding hydrogens is 572 g/mol. The molecule has 0 bridgehead atoms. The average molecular weight is 597 g/mol. The summed E-state index contributed by atoms with van der Waals surface area (Å²) in [6.45, 7) is -3.12. The maximum atomic E-state index is 14.3. The van der Waals surface area contributed by atoms with Crippen LogP contribution in [0.15, 0.2) is 53.5 Å². The van der Waals surface area contributed by atoms with Gasteiger partial charge in [-0.05, 0) is 55.0 Å². The molecule has 4 aromatic rings. The highest BCUT2D eigenvalue weighted by Gasteiger charge is 2.55. The fraction of sp³-hybridized carbons (Fsp3) is 0.345. The van der Waals surface area contributed by atoms with Crippen LogP contribution in [0.3, 0.4) is 0 Å². The van der Waals surface area contributed by atoms with Gasteiger partial charge in [0.1, 0.15) is 29.5 Å². The third-order valence-corrected chi connectivity index (χ3v) is 8.15. The number of amides is 2. The van der Waals surface area contributed by atoms with Crippen LogP contribution in [0.2, 0.25) is 0 Å². The highest BCUT2D eigenvalue weighted by atomic mass is 19.3. The number of hydrogen-bond acceptors (Lipinski definition) is 7. The van der Waals surface area contributed by atoms with Gasteiger partial charge in [-0.15, -0.1) is 0 Å². The zero-order valence-electron chi connectivity index (χ0n) is 22.4. The van der Waals surface area contributed by atoms with Gasteiger partial charge in [-0.3, -0.25) is 9.59 Å². The van der Waals surface area contributed by atoms with Gasteiger partial charge in [-0.1, -0.05) is 18.2 Å². The first-order chi connectivity index (χ1) is 20.5. The Labute approximate surface area is 241 Å². The van der Waals surface area contributed by atoms with E-state index < -0.39 is 48.1 Å². The highest BCUT2D eigenvalue weighted by Crippen LogP contribution is 2.50. The van der Waals surface area contributed by atoms with Crippen LogP contribution >= 0.6 is 0 Å². The normalized spacial score (nSPS) is 18.2. The minimum atomic E-state index is -3.12. The number of nitrogens with two attached hydrogens (primary N) is 1. The number of aromatic nitrogens is 3. The number of nitrogens with one attached hydrogen (secondary N) is 1. The van der Waals surface area contributed by atoms with Crippen LogP contribution in [0.5, 0.6) is 5.75 Å². The average Bonchev–Trinajstić information content (AvgIpc) is 3.35. The summed E-state index contributed by atoms with van der Waals surface area (Å²) < 4.78 is 67.0. The van der Waals surface area contributed by atoms with Crippen molar-refractivity contribution in [1.29, 1.82) is 5.26 Å². The van der Waals surface area contributed by atoms with Crippen molar-refractivity contribution in [2.24, 2.45) is 5.73 Å². The largest absolute Gasteiger partial charge is 0.451 e. The van der Waals surface area contributed by atoms with E-state index in [1.165, 1.54) is 35.5 Å². The van der Waals surface area contributed by atoms with E-state index in [-0.39, 0.29) is 41.2 Å². The molecule has 14 heteroatoms. The molecule has 0 saturated heterocycles. The van der Waals surface area contributed by atoms with Gasteiger partial charge in [-0.2, -0.15) is 19.1 Å². The quantitative estimate of drug-likeness (QED) is 0.272. The van der Waals surface area contributed by atoms with Gasteiger partial charge >= 0.3 is 6.61 Å². The number of carbonyl (C=O) groups is 2. The number of nitriles is 1. The second-order valence-electron chi connectivity index (χ2n) is 10.9. The van der Waals surface area contributed by atoms with Crippen LogP contribution in [-0.4, -0.2) is 44.7 Å². The molecule has 0 spiro atoms. The topological polar surface area (TPSA) is 149 Å². The van der Waals surface area contributed by atoms with Gasteiger partial charge in [0.2, 0.25) is 11.8 Å². The number of nitrogens with zero attached hydrogens (tertiary/aromatic N) is 4. The third-order valence-electron chi connectivity index (χ3n) is 8.15. The van der Waals surface area contributed by atoms with Crippen LogP contribution in [0.1, 0.15) is 54.6 Å². The second kappa shape index (κ2) is 10.1. The summed E-state index contributed by atoms with van der Waals surface area (Å²) in [5.41, 5.74) is 4.33. The van der Waals surface area contributed by atoms with Crippen LogP contribution in [0, 0.1) is 11.3 Å². The number of ether oxygens (including phenoxy) is 1. The first kappa shape index (κ1) is 28.2. The first-order valence-corrected chi connectivity index (χ1v) is 13.4. The predicted octanol–water partition coefficient (Wildman–Crippen LogP) is 5.00. The van der Waals surface area contributed by atoms with Crippen molar-refractivity contribution in [2.45, 2.75) is 62.0 Å². The molecule has 10 nitrogen and oxygen atoms in total. The Morgan fingerprint density at radius 3 is 2.37 bits per heavy atom. The standard InChI is InChI=1S/C29H24F4N6O4/c30-26(31)43-21-12-17(2-4-19(21)39-15-36-14-37-39)16-1-3-18-20(11-16)42-23(24(35)40)22(18)28(7-9-29(32,33)10-8-28)25(41)38-27(13-34)5-6-27/h1-4,11-12,14-15,26H,5-10H2,(H2,35,40)(H,38,41). The molecule has 6 rings (SSSR count). The molecular formula is C29H24F4N6O4. The lowest BCUT2D eigenvalue weighted by Gasteiger charge is -2.39. The molecule has 0 atom stereocenters. The number of fused-ring (bicyclic) bond motifs is 1. The van der Waals surface area contributed by atoms with E-state index in [1.54, 1.807) is 18.2 Å². The number of hydrogen-bond donors (Lipinski definition) is 2. The number of alkyl halides is 4. The maximum Gasteiger partial charge on any atom is 0.387 e. The van der Waals surface area contributed by atoms with Gasteiger partial charge < -0.3 is 20.2 Å². The molecule has 43 heavy (non-hydrogen) atoms. The number of rotatable bonds is 8. The molecule has 2 aliphatic rings. The monoisotopic (exact) mass is 596 g/mol. The molecule has 2 fully saturated rings. The second-order valence-corrected chi connectivity index (χ2v) is 10.9. The summed E-state index contributed by atoms with van der Waals surface area (Å²) in [6.07, 6.45) is 1.57. The molecule has 2 heterocycles. The Morgan fingerprint density at radius 2 is 1.77 bits per heavy atom. The van der Waals surface area contributed by atoms with Crippen LogP contribution in [-0.2, 0) is 10.2 Å². The Hall–Kier alpha value is -4.93. The van der Waals surface area contributed by atoms with E-state index in [4.69, 9.17) is 14.9 Å². The van der Waals surface area contributed by atoms with E-state index in [0.29, 0.717) is 29.4 Å². The van der Waals surface area contributed by atoms with Crippen LogP contribution < -0.4 is 15.8 Å². The first-order valence-electron chi connectivity index (χ1n) is 13.4. The smallest absolute Gasteiger partial charge is 0.387 e. The minimum absolute atomic E-state index is 0.0894. The summed E-state index contributed by atoms with van der Waals surface area (Å²) in [6, 6.07) is 11.3. The van der Waals surface area contributed by atoms with Crippen molar-refractivity contribution in [1.82, 2.24) is 20.1 Å². The number of furan rings is 1. The van der Waals surface area contributed by atoms with Gasteiger partial charge in [-0.25, -0.2) is 18.4 Å². The van der Waals surface area contributed by atoms with Gasteiger partial charge in [0, 0.05) is 23.8 Å². The fourth-order valence-electron chi connectivity index (χ4n) is 5.69. The molecule has 2 aliphatic carbocycles. The van der Waals surface area contributed by atoms with E-state index in [9.17, 15) is 32.4 Å². The lowest BCUT2D eigenvalue weighted by molar-refractivity contribution is -0.132. The summed E-state index contributed by atoms with van der Waals surface area (Å²) in [5, 5.41) is 16.5. The van der Waals surface area contributed by atoms with Gasteiger partial charge in [0.25, 0.3) is 5.91 Å². The predicted molar refractivity (Wildman–Crippen MR) is 143 cm³/mol. The lowest BCUT2D eigenvalue weighted by atomic mass is 9.66. The molecule has 222 valence electrons. The Morgan fingerprint density at radius 1 is 1.07 bits per heavy atom. The summed E-state index contributed by atoms with van der Waals surface area (Å²) in [5.74, 6) is -5.18. The van der Waals surface area contributed by atoms with Crippen molar-refractivity contribution in [3.63, 3.8) is 0 Å². The summed E-state index contributed by atoms with van der Waals surface area (Å²) in [4.78, 5) is 30.3. The Bertz CT molecular complexity index is 1770. The molecule has 2 aromatic carbocycles. The van der Waals surface area contributed by atoms with E-state index in [1.807, 2.05) is 0 Å². The number of halogens is 4. The van der Waals surface area contributed by atoms with Gasteiger partial charge in [0.05, 0.1) is 11.5 Å². The SMILES string of the molecule is N#CC1(NC(=O)C2(c3c(C(N)=O)oc4cc(-c5ccc(-n6cncn6)c(OC(F)F)c5)ccc34)CCC(F)(F)CC2)CC1. The van der Waals surface area contributed by atoms with Crippen molar-refractivity contribution in [3.8, 4) is 28.6 Å². The van der Waals surface area contributed by atoms with Gasteiger partial charge in [0.15, 0.2) is 11.5 Å². The molecule has 0 unspecified atom stereocenters. The number of benzene rings is 2. The van der Waals surface area contributed by atoms with Crippen molar-refractivity contribution >= 4 is 22.8 Å². The fourth-order valence-corrected chi connectivity index (χ4v) is 5.69. The zero-order chi connectivity index (χ0) is 30.6. The summed E-state index contributed by atoms with van der Waals surface area (Å²) in [7, 11) is 0. The Kier molecular flexibility index (Phi) is 6.63. The lowest BCUT2D eigenvalue weighted by Crippen LogP contribution is -2.52. The van der Waals surface area contributed by atoms with Crippen molar-refractivity contribution in [2.75, 3.05) is 0 Å². The van der Waals surface area contributed by atoms with E-state index in [2.05, 4.69) is 21.5 Å². The molecule has 2 saturated carbocycles. The molecule has 2 amide bonds. The minimum Gasteiger partial charge on any atom is -0.451 e. The molecule has 0 aliphatic heterocycles. The van der Waals surface area contributed by atoms with E-state index in [0.717, 1.165) is 0 Å². The van der Waals surface area contributed by atoms with E-state index >= 15 is 0 Å². The van der Waals surface area contributed by atoms with Crippen LogP contribution in [0.4, 0.5) is 17.6 Å². The molecule has 0 radical (unpaired) electrons. The van der Waals surface area contributed by atoms with Crippen molar-refractivity contribution in [3.05, 3.63) is 60.4 Å². The third kappa shape index (κ3) is 5.04. The summed E-state index contributed by atoms with van der Waals surface area (Å²) >= 11 is 0. The maximum absolute atomic E-state index is 14.3. The highest BCUT2D eigenvalue weighted by molar-refractivity contribution is 6.04. The Balaban J connectivity index is 1.46. The molecule has 3 N–H and O–H groups in total. The van der Waals surface area contributed by atoms with Crippen molar-refractivity contribution < 1.29 is 36.3 Å². The number of primary amides is 1.